The first-order valence-corrected chi connectivity index (χ1v) is 9.43. The molecule has 1 aromatic carbocycles. The summed E-state index contributed by atoms with van der Waals surface area (Å²) in [7, 11) is 3.20. The summed E-state index contributed by atoms with van der Waals surface area (Å²) in [5.41, 5.74) is 0.676. The fourth-order valence-electron chi connectivity index (χ4n) is 3.20. The second-order valence-corrected chi connectivity index (χ2v) is 7.08. The Morgan fingerprint density at radius 3 is 2.56 bits per heavy atom. The number of nitrogens with one attached hydrogen (secondary N) is 1. The van der Waals surface area contributed by atoms with E-state index in [1.54, 1.807) is 43.8 Å². The van der Waals surface area contributed by atoms with Crippen molar-refractivity contribution in [1.82, 2.24) is 4.90 Å². The Bertz CT molecular complexity index is 680. The van der Waals surface area contributed by atoms with Crippen LogP contribution in [-0.2, 0) is 0 Å². The van der Waals surface area contributed by atoms with Gasteiger partial charge in [0, 0.05) is 35.3 Å². The number of hydrogen-bond donors (Lipinski definition) is 1. The van der Waals surface area contributed by atoms with Crippen LogP contribution in [0.1, 0.15) is 36.6 Å². The van der Waals surface area contributed by atoms with E-state index < -0.39 is 0 Å². The topological polar surface area (TPSA) is 50.8 Å². The molecule has 1 aliphatic heterocycles. The van der Waals surface area contributed by atoms with Crippen LogP contribution >= 0.6 is 11.3 Å². The van der Waals surface area contributed by atoms with Crippen LogP contribution in [0.4, 0.5) is 10.5 Å². The average molecular weight is 360 g/mol. The van der Waals surface area contributed by atoms with Crippen LogP contribution in [0.15, 0.2) is 35.7 Å². The summed E-state index contributed by atoms with van der Waals surface area (Å²) < 4.78 is 10.6. The highest BCUT2D eigenvalue weighted by Gasteiger charge is 2.27. The summed E-state index contributed by atoms with van der Waals surface area (Å²) in [5, 5.41) is 5.09. The first-order valence-electron chi connectivity index (χ1n) is 8.55. The van der Waals surface area contributed by atoms with Gasteiger partial charge in [0.25, 0.3) is 0 Å². The molecular formula is C19H24N2O3S. The summed E-state index contributed by atoms with van der Waals surface area (Å²) in [4.78, 5) is 16.2. The summed E-state index contributed by atoms with van der Waals surface area (Å²) in [6.07, 6.45) is 4.37. The van der Waals surface area contributed by atoms with Gasteiger partial charge in [-0.05, 0) is 24.3 Å². The Morgan fingerprint density at radius 2 is 1.92 bits per heavy atom. The van der Waals surface area contributed by atoms with Crippen molar-refractivity contribution in [1.29, 1.82) is 0 Å². The van der Waals surface area contributed by atoms with E-state index in [-0.39, 0.29) is 12.1 Å². The summed E-state index contributed by atoms with van der Waals surface area (Å²) >= 11 is 1.72. The van der Waals surface area contributed by atoms with E-state index in [0.717, 1.165) is 25.8 Å². The highest BCUT2D eigenvalue weighted by molar-refractivity contribution is 7.10. The molecule has 25 heavy (non-hydrogen) atoms. The van der Waals surface area contributed by atoms with Crippen molar-refractivity contribution in [2.75, 3.05) is 26.1 Å². The van der Waals surface area contributed by atoms with Gasteiger partial charge in [-0.2, -0.15) is 0 Å². The van der Waals surface area contributed by atoms with Crippen molar-refractivity contribution in [3.63, 3.8) is 0 Å². The molecule has 0 unspecified atom stereocenters. The standard InChI is InChI=1S/C19H24N2O3S/c1-23-15-11-14(12-16(13-15)24-2)20-19(22)21-9-5-3-4-7-17(21)18-8-6-10-25-18/h6,8,10-13,17H,3-5,7,9H2,1-2H3,(H,20,22)/t17-/m1/s1. The first-order chi connectivity index (χ1) is 12.2. The molecule has 134 valence electrons. The molecule has 2 heterocycles. The number of carbonyl (C=O) groups excluding carboxylic acids is 1. The molecule has 5 nitrogen and oxygen atoms in total. The largest absolute Gasteiger partial charge is 0.497 e. The number of likely N-dealkylation sites (tertiary alicyclic amines) is 1. The van der Waals surface area contributed by atoms with E-state index in [1.165, 1.54) is 11.3 Å². The maximum atomic E-state index is 13.0. The predicted octanol–water partition coefficient (Wildman–Crippen LogP) is 4.91. The molecule has 0 radical (unpaired) electrons. The number of urea groups is 1. The fourth-order valence-corrected chi connectivity index (χ4v) is 4.08. The van der Waals surface area contributed by atoms with Gasteiger partial charge in [0.1, 0.15) is 11.5 Å². The number of thiophene rings is 1. The Labute approximate surface area is 152 Å². The highest BCUT2D eigenvalue weighted by Crippen LogP contribution is 2.33. The van der Waals surface area contributed by atoms with Gasteiger partial charge in [0.15, 0.2) is 0 Å². The normalized spacial score (nSPS) is 17.7. The van der Waals surface area contributed by atoms with Gasteiger partial charge in [0.05, 0.1) is 20.3 Å². The number of hydrogen-bond acceptors (Lipinski definition) is 4. The maximum Gasteiger partial charge on any atom is 0.322 e. The van der Waals surface area contributed by atoms with E-state index in [0.29, 0.717) is 17.2 Å². The zero-order valence-corrected chi connectivity index (χ0v) is 15.5. The molecule has 1 aromatic heterocycles. The van der Waals surface area contributed by atoms with Gasteiger partial charge < -0.3 is 19.7 Å². The zero-order chi connectivity index (χ0) is 17.6. The van der Waals surface area contributed by atoms with E-state index in [1.807, 2.05) is 11.0 Å². The lowest BCUT2D eigenvalue weighted by atomic mass is 10.1. The van der Waals surface area contributed by atoms with Gasteiger partial charge >= 0.3 is 6.03 Å². The zero-order valence-electron chi connectivity index (χ0n) is 14.7. The Balaban J connectivity index is 1.80. The van der Waals surface area contributed by atoms with Gasteiger partial charge in [-0.25, -0.2) is 4.79 Å². The predicted molar refractivity (Wildman–Crippen MR) is 101 cm³/mol. The van der Waals surface area contributed by atoms with E-state index in [2.05, 4.69) is 16.8 Å². The third-order valence-corrected chi connectivity index (χ3v) is 5.46. The second-order valence-electron chi connectivity index (χ2n) is 6.11. The summed E-state index contributed by atoms with van der Waals surface area (Å²) in [6, 6.07) is 9.64. The molecule has 6 heteroatoms. The van der Waals surface area contributed by atoms with Crippen LogP contribution in [0.2, 0.25) is 0 Å². The van der Waals surface area contributed by atoms with Crippen LogP contribution < -0.4 is 14.8 Å². The lowest BCUT2D eigenvalue weighted by molar-refractivity contribution is 0.190. The number of carbonyl (C=O) groups is 1. The molecule has 1 N–H and O–H groups in total. The Morgan fingerprint density at radius 1 is 1.16 bits per heavy atom. The molecule has 0 spiro atoms. The average Bonchev–Trinajstić information content (AvgIpc) is 3.05. The minimum absolute atomic E-state index is 0.0735. The monoisotopic (exact) mass is 360 g/mol. The van der Waals surface area contributed by atoms with Gasteiger partial charge in [-0.15, -0.1) is 11.3 Å². The van der Waals surface area contributed by atoms with Crippen molar-refractivity contribution in [2.24, 2.45) is 0 Å². The minimum atomic E-state index is -0.0735. The van der Waals surface area contributed by atoms with E-state index >= 15 is 0 Å². The smallest absolute Gasteiger partial charge is 0.322 e. The number of nitrogens with zero attached hydrogens (tertiary/aromatic N) is 1. The molecule has 0 aliphatic carbocycles. The molecule has 0 saturated carbocycles. The van der Waals surface area contributed by atoms with Crippen LogP contribution in [-0.4, -0.2) is 31.7 Å². The third kappa shape index (κ3) is 4.25. The molecule has 1 fully saturated rings. The van der Waals surface area contributed by atoms with Gasteiger partial charge in [-0.1, -0.05) is 18.9 Å². The molecular weight excluding hydrogens is 336 g/mol. The quantitative estimate of drug-likeness (QED) is 0.842. The minimum Gasteiger partial charge on any atom is -0.497 e. The van der Waals surface area contributed by atoms with Crippen molar-refractivity contribution >= 4 is 23.1 Å². The number of methoxy groups -OCH3 is 2. The molecule has 1 aliphatic rings. The Kier molecular flexibility index (Phi) is 5.81. The molecule has 0 bridgehead atoms. The first kappa shape index (κ1) is 17.6. The van der Waals surface area contributed by atoms with Crippen LogP contribution in [0, 0.1) is 0 Å². The number of benzene rings is 1. The maximum absolute atomic E-state index is 13.0. The van der Waals surface area contributed by atoms with Crippen LogP contribution in [0.5, 0.6) is 11.5 Å². The van der Waals surface area contributed by atoms with Crippen molar-refractivity contribution in [3.05, 3.63) is 40.6 Å². The summed E-state index contributed by atoms with van der Waals surface area (Å²) in [6.45, 7) is 0.773. The number of ether oxygens (including phenoxy) is 2. The van der Waals surface area contributed by atoms with Crippen molar-refractivity contribution in [3.8, 4) is 11.5 Å². The van der Waals surface area contributed by atoms with Gasteiger partial charge in [-0.3, -0.25) is 0 Å². The molecule has 1 atom stereocenters. The van der Waals surface area contributed by atoms with Crippen molar-refractivity contribution in [2.45, 2.75) is 31.7 Å². The van der Waals surface area contributed by atoms with Crippen LogP contribution in [0.25, 0.3) is 0 Å². The second kappa shape index (κ2) is 8.25. The van der Waals surface area contributed by atoms with Crippen molar-refractivity contribution < 1.29 is 14.3 Å². The van der Waals surface area contributed by atoms with E-state index in [9.17, 15) is 4.79 Å². The number of amides is 2. The highest BCUT2D eigenvalue weighted by atomic mass is 32.1. The van der Waals surface area contributed by atoms with E-state index in [4.69, 9.17) is 9.47 Å². The lowest BCUT2D eigenvalue weighted by Crippen LogP contribution is -2.37. The molecule has 2 amide bonds. The summed E-state index contributed by atoms with van der Waals surface area (Å²) in [5.74, 6) is 1.31. The number of anilines is 1. The lowest BCUT2D eigenvalue weighted by Gasteiger charge is -2.29. The third-order valence-electron chi connectivity index (χ3n) is 4.49. The van der Waals surface area contributed by atoms with Gasteiger partial charge in [0.2, 0.25) is 0 Å². The molecule has 2 aromatic rings. The Hall–Kier alpha value is -2.21. The fraction of sp³-hybridized carbons (Fsp3) is 0.421. The molecule has 3 rings (SSSR count). The number of rotatable bonds is 4. The SMILES string of the molecule is COc1cc(NC(=O)N2CCCCC[C@@H]2c2cccs2)cc(OC)c1. The molecule has 1 saturated heterocycles. The van der Waals surface area contributed by atoms with Crippen LogP contribution in [0.3, 0.4) is 0 Å².